The molecule has 22 heavy (non-hydrogen) atoms. The number of carbonyl (C=O) groups is 2. The smallest absolute Gasteiger partial charge is 0.410 e. The summed E-state index contributed by atoms with van der Waals surface area (Å²) >= 11 is 12.0. The maximum atomic E-state index is 12.5. The summed E-state index contributed by atoms with van der Waals surface area (Å²) in [6, 6.07) is 4.78. The maximum Gasteiger partial charge on any atom is 0.410 e. The molecule has 1 fully saturated rings. The van der Waals surface area contributed by atoms with Crippen molar-refractivity contribution in [3.05, 3.63) is 46.5 Å². The Hall–Kier alpha value is -1.72. The Labute approximate surface area is 139 Å². The van der Waals surface area contributed by atoms with Crippen molar-refractivity contribution in [1.82, 2.24) is 9.80 Å². The van der Waals surface area contributed by atoms with Crippen molar-refractivity contribution in [2.24, 2.45) is 0 Å². The first-order valence-corrected chi connectivity index (χ1v) is 7.55. The summed E-state index contributed by atoms with van der Waals surface area (Å²) in [5.74, 6) is -0.188. The first-order chi connectivity index (χ1) is 10.5. The van der Waals surface area contributed by atoms with Crippen molar-refractivity contribution in [1.29, 1.82) is 0 Å². The zero-order valence-electron chi connectivity index (χ0n) is 11.9. The van der Waals surface area contributed by atoms with Gasteiger partial charge in [0.25, 0.3) is 5.91 Å². The Morgan fingerprint density at radius 3 is 2.45 bits per heavy atom. The number of ether oxygens (including phenoxy) is 1. The van der Waals surface area contributed by atoms with Gasteiger partial charge in [-0.05, 0) is 18.2 Å². The minimum atomic E-state index is -0.396. The van der Waals surface area contributed by atoms with Gasteiger partial charge >= 0.3 is 6.09 Å². The predicted octanol–water partition coefficient (Wildman–Crippen LogP) is 3.07. The van der Waals surface area contributed by atoms with Gasteiger partial charge in [-0.3, -0.25) is 4.79 Å². The van der Waals surface area contributed by atoms with Crippen LogP contribution in [0.1, 0.15) is 10.4 Å². The molecule has 1 aromatic rings. The summed E-state index contributed by atoms with van der Waals surface area (Å²) in [7, 11) is 0. The Bertz CT molecular complexity index is 584. The number of hydrogen-bond acceptors (Lipinski definition) is 3. The van der Waals surface area contributed by atoms with Crippen LogP contribution in [-0.4, -0.2) is 54.6 Å². The van der Waals surface area contributed by atoms with E-state index in [0.29, 0.717) is 41.8 Å². The fourth-order valence-electron chi connectivity index (χ4n) is 2.15. The van der Waals surface area contributed by atoms with Gasteiger partial charge < -0.3 is 14.5 Å². The zero-order valence-corrected chi connectivity index (χ0v) is 13.4. The van der Waals surface area contributed by atoms with E-state index in [9.17, 15) is 9.59 Å². The molecule has 1 saturated heterocycles. The second-order valence-corrected chi connectivity index (χ2v) is 5.61. The van der Waals surface area contributed by atoms with Crippen molar-refractivity contribution in [3.63, 3.8) is 0 Å². The monoisotopic (exact) mass is 342 g/mol. The van der Waals surface area contributed by atoms with Crippen LogP contribution in [0.25, 0.3) is 0 Å². The van der Waals surface area contributed by atoms with Crippen LogP contribution in [-0.2, 0) is 4.74 Å². The van der Waals surface area contributed by atoms with Crippen LogP contribution >= 0.6 is 23.2 Å². The molecule has 1 heterocycles. The number of nitrogens with zero attached hydrogens (tertiary/aromatic N) is 2. The van der Waals surface area contributed by atoms with Crippen LogP contribution in [0.15, 0.2) is 30.9 Å². The topological polar surface area (TPSA) is 49.9 Å². The van der Waals surface area contributed by atoms with Gasteiger partial charge in [0, 0.05) is 31.2 Å². The zero-order chi connectivity index (χ0) is 16.1. The SMILES string of the molecule is C=CCOC(=O)N1CCN(C(=O)c2cc(Cl)ccc2Cl)CC1. The van der Waals surface area contributed by atoms with E-state index in [4.69, 9.17) is 27.9 Å². The molecule has 1 aliphatic rings. The summed E-state index contributed by atoms with van der Waals surface area (Å²) < 4.78 is 4.97. The normalized spacial score (nSPS) is 14.6. The van der Waals surface area contributed by atoms with Crippen LogP contribution in [0.2, 0.25) is 10.0 Å². The molecule has 0 saturated carbocycles. The minimum Gasteiger partial charge on any atom is -0.445 e. The van der Waals surface area contributed by atoms with Gasteiger partial charge in [0.15, 0.2) is 0 Å². The van der Waals surface area contributed by atoms with E-state index in [2.05, 4.69) is 6.58 Å². The second kappa shape index (κ2) is 7.51. The molecule has 1 aliphatic heterocycles. The Morgan fingerprint density at radius 1 is 1.18 bits per heavy atom. The largest absolute Gasteiger partial charge is 0.445 e. The third-order valence-corrected chi connectivity index (χ3v) is 3.87. The van der Waals surface area contributed by atoms with Crippen molar-refractivity contribution >= 4 is 35.2 Å². The van der Waals surface area contributed by atoms with Crippen molar-refractivity contribution in [2.75, 3.05) is 32.8 Å². The molecule has 1 aromatic carbocycles. The van der Waals surface area contributed by atoms with Gasteiger partial charge in [-0.25, -0.2) is 4.79 Å². The van der Waals surface area contributed by atoms with Crippen molar-refractivity contribution in [3.8, 4) is 0 Å². The van der Waals surface area contributed by atoms with Gasteiger partial charge in [0.2, 0.25) is 0 Å². The molecular formula is C15H16Cl2N2O3. The van der Waals surface area contributed by atoms with Gasteiger partial charge in [-0.15, -0.1) is 0 Å². The van der Waals surface area contributed by atoms with E-state index in [1.54, 1.807) is 28.0 Å². The summed E-state index contributed by atoms with van der Waals surface area (Å²) in [5.41, 5.74) is 0.372. The van der Waals surface area contributed by atoms with Gasteiger partial charge in [0.05, 0.1) is 10.6 Å². The lowest BCUT2D eigenvalue weighted by atomic mass is 10.2. The van der Waals surface area contributed by atoms with E-state index in [0.717, 1.165) is 0 Å². The second-order valence-electron chi connectivity index (χ2n) is 4.77. The quantitative estimate of drug-likeness (QED) is 0.793. The molecule has 0 bridgehead atoms. The first kappa shape index (κ1) is 16.6. The number of carbonyl (C=O) groups excluding carboxylic acids is 2. The van der Waals surface area contributed by atoms with Crippen molar-refractivity contribution < 1.29 is 14.3 Å². The number of piperazine rings is 1. The number of halogens is 2. The summed E-state index contributed by atoms with van der Waals surface area (Å²) in [6.45, 7) is 5.34. The predicted molar refractivity (Wildman–Crippen MR) is 85.5 cm³/mol. The van der Waals surface area contributed by atoms with E-state index in [-0.39, 0.29) is 12.5 Å². The molecule has 0 radical (unpaired) electrons. The lowest BCUT2D eigenvalue weighted by molar-refractivity contribution is 0.0581. The van der Waals surface area contributed by atoms with E-state index >= 15 is 0 Å². The molecule has 0 spiro atoms. The van der Waals surface area contributed by atoms with Gasteiger partial charge in [-0.1, -0.05) is 35.9 Å². The molecule has 0 aliphatic carbocycles. The number of hydrogen-bond donors (Lipinski definition) is 0. The van der Waals surface area contributed by atoms with Crippen LogP contribution in [0.5, 0.6) is 0 Å². The molecule has 0 unspecified atom stereocenters. The fourth-order valence-corrected chi connectivity index (χ4v) is 2.52. The minimum absolute atomic E-state index is 0.177. The number of benzene rings is 1. The maximum absolute atomic E-state index is 12.5. The summed E-state index contributed by atoms with van der Waals surface area (Å²) in [4.78, 5) is 27.4. The first-order valence-electron chi connectivity index (χ1n) is 6.80. The highest BCUT2D eigenvalue weighted by Crippen LogP contribution is 2.22. The standard InChI is InChI=1S/C15H16Cl2N2O3/c1-2-9-22-15(21)19-7-5-18(6-8-19)14(20)12-10-11(16)3-4-13(12)17/h2-4,10H,1,5-9H2. The van der Waals surface area contributed by atoms with E-state index in [1.807, 2.05) is 0 Å². The van der Waals surface area contributed by atoms with E-state index < -0.39 is 6.09 Å². The highest BCUT2D eigenvalue weighted by atomic mass is 35.5. The van der Waals surface area contributed by atoms with Gasteiger partial charge in [-0.2, -0.15) is 0 Å². The Balaban J connectivity index is 1.96. The summed E-state index contributed by atoms with van der Waals surface area (Å²) in [6.07, 6.45) is 1.12. The van der Waals surface area contributed by atoms with Crippen LogP contribution < -0.4 is 0 Å². The van der Waals surface area contributed by atoms with Crippen molar-refractivity contribution in [2.45, 2.75) is 0 Å². The van der Waals surface area contributed by atoms with Gasteiger partial charge in [0.1, 0.15) is 6.61 Å². The molecule has 0 aromatic heterocycles. The molecule has 7 heteroatoms. The molecule has 2 rings (SSSR count). The molecular weight excluding hydrogens is 327 g/mol. The van der Waals surface area contributed by atoms with Crippen LogP contribution in [0.4, 0.5) is 4.79 Å². The molecule has 118 valence electrons. The lowest BCUT2D eigenvalue weighted by Crippen LogP contribution is -2.50. The highest BCUT2D eigenvalue weighted by Gasteiger charge is 2.26. The third-order valence-electron chi connectivity index (χ3n) is 3.31. The average Bonchev–Trinajstić information content (AvgIpc) is 2.54. The molecule has 0 N–H and O–H groups in total. The Morgan fingerprint density at radius 2 is 1.82 bits per heavy atom. The number of amides is 2. The lowest BCUT2D eigenvalue weighted by Gasteiger charge is -2.34. The van der Waals surface area contributed by atoms with Crippen LogP contribution in [0, 0.1) is 0 Å². The fraction of sp³-hybridized carbons (Fsp3) is 0.333. The van der Waals surface area contributed by atoms with E-state index in [1.165, 1.54) is 6.08 Å². The third kappa shape index (κ3) is 3.93. The molecule has 5 nitrogen and oxygen atoms in total. The molecule has 0 atom stereocenters. The van der Waals surface area contributed by atoms with Crippen LogP contribution in [0.3, 0.4) is 0 Å². The average molecular weight is 343 g/mol. The highest BCUT2D eigenvalue weighted by molar-refractivity contribution is 6.35. The number of rotatable bonds is 3. The Kier molecular flexibility index (Phi) is 5.69. The summed E-state index contributed by atoms with van der Waals surface area (Å²) in [5, 5.41) is 0.821. The molecule has 2 amide bonds.